The van der Waals surface area contributed by atoms with Gasteiger partial charge in [-0.25, -0.2) is 14.5 Å². The Morgan fingerprint density at radius 2 is 1.82 bits per heavy atom. The SMILES string of the molecule is Cc1ccc(OCc2nc(CSc3nc4nc(C)c(C)c(C)n4n3)cs2)cc1. The van der Waals surface area contributed by atoms with Gasteiger partial charge in [0, 0.05) is 22.5 Å². The molecule has 0 saturated carbocycles. The highest BCUT2D eigenvalue weighted by atomic mass is 32.2. The Balaban J connectivity index is 1.38. The molecular weight excluding hydrogens is 390 g/mol. The number of hydrogen-bond acceptors (Lipinski definition) is 7. The van der Waals surface area contributed by atoms with E-state index in [0.29, 0.717) is 17.5 Å². The van der Waals surface area contributed by atoms with Crippen LogP contribution in [0.25, 0.3) is 5.78 Å². The van der Waals surface area contributed by atoms with E-state index in [1.807, 2.05) is 42.6 Å². The average molecular weight is 412 g/mol. The number of ether oxygens (including phenoxy) is 1. The standard InChI is InChI=1S/C20H21N5OS2/c1-12-5-7-17(8-6-12)26-9-18-22-16(10-27-18)11-28-20-23-19-21-14(3)13(2)15(4)25(19)24-20/h5-8,10H,9,11H2,1-4H3. The zero-order chi connectivity index (χ0) is 19.7. The van der Waals surface area contributed by atoms with Crippen molar-refractivity contribution < 1.29 is 4.74 Å². The summed E-state index contributed by atoms with van der Waals surface area (Å²) in [4.78, 5) is 13.7. The van der Waals surface area contributed by atoms with E-state index in [4.69, 9.17) is 4.74 Å². The first-order valence-electron chi connectivity index (χ1n) is 8.96. The fraction of sp³-hybridized carbons (Fsp3) is 0.300. The lowest BCUT2D eigenvalue weighted by Gasteiger charge is -2.04. The molecule has 8 heteroatoms. The van der Waals surface area contributed by atoms with Gasteiger partial charge in [-0.3, -0.25) is 0 Å². The van der Waals surface area contributed by atoms with Crippen molar-refractivity contribution in [1.29, 1.82) is 0 Å². The fourth-order valence-electron chi connectivity index (χ4n) is 2.70. The van der Waals surface area contributed by atoms with Crippen LogP contribution in [0.5, 0.6) is 5.75 Å². The molecule has 144 valence electrons. The molecule has 1 aromatic carbocycles. The molecule has 0 radical (unpaired) electrons. The highest BCUT2D eigenvalue weighted by Gasteiger charge is 2.12. The van der Waals surface area contributed by atoms with Gasteiger partial charge in [0.05, 0.1) is 5.69 Å². The predicted octanol–water partition coefficient (Wildman–Crippen LogP) is 4.69. The largest absolute Gasteiger partial charge is 0.486 e. The van der Waals surface area contributed by atoms with E-state index in [1.54, 1.807) is 23.1 Å². The molecule has 4 rings (SSSR count). The summed E-state index contributed by atoms with van der Waals surface area (Å²) in [5.41, 5.74) is 5.44. The summed E-state index contributed by atoms with van der Waals surface area (Å²) in [6, 6.07) is 8.05. The number of thioether (sulfide) groups is 1. The van der Waals surface area contributed by atoms with Crippen LogP contribution in [0.2, 0.25) is 0 Å². The number of rotatable bonds is 6. The minimum atomic E-state index is 0.479. The maximum Gasteiger partial charge on any atom is 0.253 e. The lowest BCUT2D eigenvalue weighted by molar-refractivity contribution is 0.305. The van der Waals surface area contributed by atoms with Crippen molar-refractivity contribution in [3.63, 3.8) is 0 Å². The molecule has 0 aliphatic carbocycles. The lowest BCUT2D eigenvalue weighted by atomic mass is 10.2. The first-order valence-corrected chi connectivity index (χ1v) is 10.8. The van der Waals surface area contributed by atoms with Crippen molar-refractivity contribution in [3.05, 3.63) is 62.9 Å². The monoisotopic (exact) mass is 411 g/mol. The first-order chi connectivity index (χ1) is 13.5. The number of aryl methyl sites for hydroxylation is 3. The molecule has 0 fully saturated rings. The van der Waals surface area contributed by atoms with Gasteiger partial charge in [0.15, 0.2) is 0 Å². The molecule has 0 bridgehead atoms. The molecular formula is C20H21N5OS2. The number of thiazole rings is 1. The first kappa shape index (κ1) is 18.9. The maximum atomic E-state index is 5.80. The molecule has 6 nitrogen and oxygen atoms in total. The molecule has 3 heterocycles. The van der Waals surface area contributed by atoms with Crippen molar-refractivity contribution in [2.24, 2.45) is 0 Å². The number of nitrogens with zero attached hydrogens (tertiary/aromatic N) is 5. The Labute approximate surface area is 172 Å². The number of aromatic nitrogens is 5. The molecule has 0 amide bonds. The Hall–Kier alpha value is -2.45. The van der Waals surface area contributed by atoms with E-state index >= 15 is 0 Å². The highest BCUT2D eigenvalue weighted by molar-refractivity contribution is 7.98. The highest BCUT2D eigenvalue weighted by Crippen LogP contribution is 2.23. The van der Waals surface area contributed by atoms with E-state index in [9.17, 15) is 0 Å². The molecule has 0 atom stereocenters. The predicted molar refractivity (Wildman–Crippen MR) is 112 cm³/mol. The van der Waals surface area contributed by atoms with Gasteiger partial charge in [0.25, 0.3) is 5.78 Å². The van der Waals surface area contributed by atoms with Gasteiger partial charge in [-0.2, -0.15) is 4.98 Å². The van der Waals surface area contributed by atoms with Crippen LogP contribution < -0.4 is 4.74 Å². The zero-order valence-corrected chi connectivity index (χ0v) is 17.9. The number of fused-ring (bicyclic) bond motifs is 1. The maximum absolute atomic E-state index is 5.80. The summed E-state index contributed by atoms with van der Waals surface area (Å²) in [7, 11) is 0. The molecule has 0 N–H and O–H groups in total. The Morgan fingerprint density at radius 3 is 2.61 bits per heavy atom. The average Bonchev–Trinajstić information content (AvgIpc) is 3.31. The van der Waals surface area contributed by atoms with E-state index in [2.05, 4.69) is 39.3 Å². The van der Waals surface area contributed by atoms with Gasteiger partial charge in [-0.05, 0) is 45.4 Å². The van der Waals surface area contributed by atoms with E-state index < -0.39 is 0 Å². The second-order valence-corrected chi connectivity index (χ2v) is 8.52. The summed E-state index contributed by atoms with van der Waals surface area (Å²) in [5, 5.41) is 8.31. The topological polar surface area (TPSA) is 65.2 Å². The van der Waals surface area contributed by atoms with Crippen LogP contribution in [0, 0.1) is 27.7 Å². The Bertz CT molecular complexity index is 1120. The number of benzene rings is 1. The summed E-state index contributed by atoms with van der Waals surface area (Å²) in [5.74, 6) is 2.22. The third kappa shape index (κ3) is 4.02. The van der Waals surface area contributed by atoms with E-state index in [1.165, 1.54) is 5.56 Å². The van der Waals surface area contributed by atoms with Crippen LogP contribution in [0.15, 0.2) is 34.8 Å². The van der Waals surface area contributed by atoms with Crippen LogP contribution in [0.1, 0.15) is 33.2 Å². The van der Waals surface area contributed by atoms with Gasteiger partial charge in [0.1, 0.15) is 17.4 Å². The quantitative estimate of drug-likeness (QED) is 0.429. The molecule has 0 aliphatic heterocycles. The number of hydrogen-bond donors (Lipinski definition) is 0. The Morgan fingerprint density at radius 1 is 1.04 bits per heavy atom. The van der Waals surface area contributed by atoms with Gasteiger partial charge in [0.2, 0.25) is 5.16 Å². The fourth-order valence-corrected chi connectivity index (χ4v) is 4.22. The summed E-state index contributed by atoms with van der Waals surface area (Å²) in [6.07, 6.45) is 0. The van der Waals surface area contributed by atoms with Crippen LogP contribution >= 0.6 is 23.1 Å². The second-order valence-electron chi connectivity index (χ2n) is 6.64. The van der Waals surface area contributed by atoms with Crippen molar-refractivity contribution >= 4 is 28.9 Å². The van der Waals surface area contributed by atoms with Crippen LogP contribution in [-0.2, 0) is 12.4 Å². The van der Waals surface area contributed by atoms with Crippen molar-refractivity contribution in [3.8, 4) is 5.75 Å². The minimum Gasteiger partial charge on any atom is -0.486 e. The zero-order valence-electron chi connectivity index (χ0n) is 16.3. The van der Waals surface area contributed by atoms with Crippen LogP contribution in [0.4, 0.5) is 0 Å². The van der Waals surface area contributed by atoms with Crippen molar-refractivity contribution in [2.45, 2.75) is 45.2 Å². The smallest absolute Gasteiger partial charge is 0.253 e. The van der Waals surface area contributed by atoms with Gasteiger partial charge >= 0.3 is 0 Å². The summed E-state index contributed by atoms with van der Waals surface area (Å²) < 4.78 is 7.62. The minimum absolute atomic E-state index is 0.479. The van der Waals surface area contributed by atoms with E-state index in [-0.39, 0.29) is 0 Å². The molecule has 0 spiro atoms. The third-order valence-corrected chi connectivity index (χ3v) is 6.32. The second kappa shape index (κ2) is 7.89. The molecule has 28 heavy (non-hydrogen) atoms. The molecule has 0 saturated heterocycles. The molecule has 0 unspecified atom stereocenters. The third-order valence-electron chi connectivity index (χ3n) is 4.57. The van der Waals surface area contributed by atoms with Crippen molar-refractivity contribution in [2.75, 3.05) is 0 Å². The van der Waals surface area contributed by atoms with E-state index in [0.717, 1.165) is 39.2 Å². The molecule has 4 aromatic rings. The summed E-state index contributed by atoms with van der Waals surface area (Å²) in [6.45, 7) is 8.64. The normalized spacial score (nSPS) is 11.3. The van der Waals surface area contributed by atoms with Gasteiger partial charge in [-0.1, -0.05) is 29.5 Å². The van der Waals surface area contributed by atoms with Crippen molar-refractivity contribution in [1.82, 2.24) is 24.6 Å². The molecule has 3 aromatic heterocycles. The van der Waals surface area contributed by atoms with Crippen LogP contribution in [0.3, 0.4) is 0 Å². The van der Waals surface area contributed by atoms with Gasteiger partial charge < -0.3 is 4.74 Å². The van der Waals surface area contributed by atoms with Gasteiger partial charge in [-0.15, -0.1) is 16.4 Å². The van der Waals surface area contributed by atoms with Crippen LogP contribution in [-0.4, -0.2) is 24.6 Å². The lowest BCUT2D eigenvalue weighted by Crippen LogP contribution is -2.02. The molecule has 0 aliphatic rings. The Kier molecular flexibility index (Phi) is 5.32. The summed E-state index contributed by atoms with van der Waals surface area (Å²) >= 11 is 3.18.